The van der Waals surface area contributed by atoms with Crippen LogP contribution in [0.5, 0.6) is 0 Å². The van der Waals surface area contributed by atoms with Gasteiger partial charge in [-0.15, -0.1) is 0 Å². The summed E-state index contributed by atoms with van der Waals surface area (Å²) >= 11 is 0. The van der Waals surface area contributed by atoms with Gasteiger partial charge in [-0.05, 0) is 12.5 Å². The highest BCUT2D eigenvalue weighted by Crippen LogP contribution is 2.23. The number of nitrogens with two attached hydrogens (primary N) is 1. The van der Waals surface area contributed by atoms with Gasteiger partial charge in [0, 0.05) is 25.6 Å². The zero-order valence-electron chi connectivity index (χ0n) is 11.2. The van der Waals surface area contributed by atoms with E-state index in [1.165, 1.54) is 12.1 Å². The molecule has 0 aliphatic rings. The predicted octanol–water partition coefficient (Wildman–Crippen LogP) is 0.604. The number of carbonyl (C=O) groups excluding carboxylic acids is 1. The number of carbonyl (C=O) groups is 1. The van der Waals surface area contributed by atoms with Crippen LogP contribution < -0.4 is 21.9 Å². The van der Waals surface area contributed by atoms with Crippen molar-refractivity contribution in [2.75, 3.05) is 23.8 Å². The van der Waals surface area contributed by atoms with E-state index in [0.29, 0.717) is 12.4 Å². The molecule has 0 aromatic carbocycles. The molecule has 0 aliphatic carbocycles. The topological polar surface area (TPSA) is 135 Å². The maximum Gasteiger partial charge on any atom is 0.311 e. The van der Waals surface area contributed by atoms with Gasteiger partial charge in [-0.25, -0.2) is 10.8 Å². The van der Waals surface area contributed by atoms with Gasteiger partial charge in [0.1, 0.15) is 5.82 Å². The number of rotatable bonds is 8. The van der Waals surface area contributed by atoms with Crippen molar-refractivity contribution in [3.05, 3.63) is 22.2 Å². The molecule has 0 spiro atoms. The lowest BCUT2D eigenvalue weighted by Crippen LogP contribution is -2.26. The number of nitrogens with zero attached hydrogens (tertiary/aromatic N) is 2. The molecule has 1 heterocycles. The third kappa shape index (κ3) is 4.69. The van der Waals surface area contributed by atoms with Crippen LogP contribution in [0, 0.1) is 10.1 Å². The summed E-state index contributed by atoms with van der Waals surface area (Å²) in [4.78, 5) is 25.7. The van der Waals surface area contributed by atoms with Crippen LogP contribution in [-0.2, 0) is 4.79 Å². The van der Waals surface area contributed by atoms with Gasteiger partial charge in [-0.1, -0.05) is 6.92 Å². The maximum absolute atomic E-state index is 11.4. The second-order valence-corrected chi connectivity index (χ2v) is 3.99. The zero-order chi connectivity index (χ0) is 15.0. The summed E-state index contributed by atoms with van der Waals surface area (Å²) in [6.07, 6.45) is 1.07. The highest BCUT2D eigenvalue weighted by Gasteiger charge is 2.15. The third-order valence-electron chi connectivity index (χ3n) is 2.44. The van der Waals surface area contributed by atoms with Crippen LogP contribution in [0.2, 0.25) is 0 Å². The average molecular weight is 282 g/mol. The highest BCUT2D eigenvalue weighted by atomic mass is 16.6. The van der Waals surface area contributed by atoms with E-state index in [4.69, 9.17) is 5.84 Å². The third-order valence-corrected chi connectivity index (χ3v) is 2.44. The van der Waals surface area contributed by atoms with E-state index in [-0.39, 0.29) is 30.4 Å². The molecule has 0 saturated carbocycles. The van der Waals surface area contributed by atoms with Crippen LogP contribution >= 0.6 is 0 Å². The molecule has 1 amide bonds. The monoisotopic (exact) mass is 282 g/mol. The molecule has 0 unspecified atom stereocenters. The molecule has 0 bridgehead atoms. The summed E-state index contributed by atoms with van der Waals surface area (Å²) in [7, 11) is 0. The van der Waals surface area contributed by atoms with Crippen LogP contribution in [0.1, 0.15) is 19.8 Å². The summed E-state index contributed by atoms with van der Waals surface area (Å²) < 4.78 is 0. The lowest BCUT2D eigenvalue weighted by Gasteiger charge is -2.08. The van der Waals surface area contributed by atoms with Crippen molar-refractivity contribution in [1.29, 1.82) is 0 Å². The van der Waals surface area contributed by atoms with Crippen LogP contribution in [0.25, 0.3) is 0 Å². The second-order valence-electron chi connectivity index (χ2n) is 3.99. The first-order chi connectivity index (χ1) is 9.58. The molecular formula is C11H18N6O3. The molecule has 9 heteroatoms. The normalized spacial score (nSPS) is 9.90. The first-order valence-corrected chi connectivity index (χ1v) is 6.21. The van der Waals surface area contributed by atoms with E-state index in [0.717, 1.165) is 6.42 Å². The van der Waals surface area contributed by atoms with Crippen LogP contribution in [0.4, 0.5) is 17.3 Å². The largest absolute Gasteiger partial charge is 0.364 e. The van der Waals surface area contributed by atoms with E-state index < -0.39 is 4.92 Å². The highest BCUT2D eigenvalue weighted by molar-refractivity contribution is 5.76. The molecule has 110 valence electrons. The van der Waals surface area contributed by atoms with Crippen LogP contribution in [0.15, 0.2) is 12.1 Å². The van der Waals surface area contributed by atoms with E-state index in [2.05, 4.69) is 21.0 Å². The van der Waals surface area contributed by atoms with Gasteiger partial charge in [-0.2, -0.15) is 0 Å². The molecule has 20 heavy (non-hydrogen) atoms. The smallest absolute Gasteiger partial charge is 0.311 e. The summed E-state index contributed by atoms with van der Waals surface area (Å²) in [5, 5.41) is 16.3. The first-order valence-electron chi connectivity index (χ1n) is 6.21. The van der Waals surface area contributed by atoms with Crippen LogP contribution in [0.3, 0.4) is 0 Å². The van der Waals surface area contributed by atoms with Crippen molar-refractivity contribution in [3.63, 3.8) is 0 Å². The number of anilines is 2. The summed E-state index contributed by atoms with van der Waals surface area (Å²) in [6, 6.07) is 2.69. The molecule has 0 saturated heterocycles. The van der Waals surface area contributed by atoms with E-state index in [9.17, 15) is 14.9 Å². The van der Waals surface area contributed by atoms with Gasteiger partial charge < -0.3 is 16.1 Å². The summed E-state index contributed by atoms with van der Waals surface area (Å²) in [6.45, 7) is 2.82. The number of aromatic nitrogens is 1. The first kappa shape index (κ1) is 15.6. The Morgan fingerprint density at radius 2 is 2.20 bits per heavy atom. The van der Waals surface area contributed by atoms with Crippen LogP contribution in [-0.4, -0.2) is 28.9 Å². The second kappa shape index (κ2) is 7.89. The van der Waals surface area contributed by atoms with Crippen molar-refractivity contribution >= 4 is 23.2 Å². The number of amides is 1. The minimum absolute atomic E-state index is 0.0775. The molecule has 0 atom stereocenters. The lowest BCUT2D eigenvalue weighted by molar-refractivity contribution is -0.384. The zero-order valence-corrected chi connectivity index (χ0v) is 11.2. The molecule has 0 fully saturated rings. The Hall–Kier alpha value is -2.42. The van der Waals surface area contributed by atoms with E-state index in [1.54, 1.807) is 0 Å². The van der Waals surface area contributed by atoms with Crippen molar-refractivity contribution in [3.8, 4) is 0 Å². The van der Waals surface area contributed by atoms with E-state index >= 15 is 0 Å². The van der Waals surface area contributed by atoms with Gasteiger partial charge in [0.2, 0.25) is 11.7 Å². The molecule has 5 N–H and O–H groups in total. The molecule has 0 aliphatic heterocycles. The summed E-state index contributed by atoms with van der Waals surface area (Å²) in [5.41, 5.74) is 2.14. The molecule has 1 aromatic heterocycles. The van der Waals surface area contributed by atoms with Gasteiger partial charge in [0.25, 0.3) is 0 Å². The Kier molecular flexibility index (Phi) is 6.17. The quantitative estimate of drug-likeness (QED) is 0.311. The Morgan fingerprint density at radius 1 is 1.45 bits per heavy atom. The van der Waals surface area contributed by atoms with Gasteiger partial charge in [0.15, 0.2) is 0 Å². The number of nitrogen functional groups attached to an aromatic ring is 1. The number of nitrogens with one attached hydrogen (secondary N) is 3. The SMILES string of the molecule is CCCNC(=O)CCNc1nc(NN)ccc1[N+](=O)[O-]. The Labute approximate surface area is 116 Å². The molecule has 1 rings (SSSR count). The number of hydrogen-bond acceptors (Lipinski definition) is 7. The Balaban J connectivity index is 2.61. The van der Waals surface area contributed by atoms with Crippen molar-refractivity contribution in [1.82, 2.24) is 10.3 Å². The summed E-state index contributed by atoms with van der Waals surface area (Å²) in [5.74, 6) is 5.46. The minimum atomic E-state index is -0.549. The molecule has 1 aromatic rings. The van der Waals surface area contributed by atoms with Crippen molar-refractivity contribution < 1.29 is 9.72 Å². The number of hydrazine groups is 1. The standard InChI is InChI=1S/C11H18N6O3/c1-2-6-13-10(18)5-7-14-11-8(17(19)20)3-4-9(15-11)16-12/h3-4H,2,5-7,12H2,1H3,(H,13,18)(H2,14,15,16). The Bertz CT molecular complexity index is 479. The molecular weight excluding hydrogens is 264 g/mol. The fraction of sp³-hybridized carbons (Fsp3) is 0.455. The Morgan fingerprint density at radius 3 is 2.80 bits per heavy atom. The fourth-order valence-corrected chi connectivity index (χ4v) is 1.46. The average Bonchev–Trinajstić information content (AvgIpc) is 2.44. The fourth-order valence-electron chi connectivity index (χ4n) is 1.46. The molecule has 9 nitrogen and oxygen atoms in total. The molecule has 0 radical (unpaired) electrons. The van der Waals surface area contributed by atoms with Crippen molar-refractivity contribution in [2.24, 2.45) is 5.84 Å². The predicted molar refractivity (Wildman–Crippen MR) is 75.1 cm³/mol. The van der Waals surface area contributed by atoms with Gasteiger partial charge >= 0.3 is 5.69 Å². The van der Waals surface area contributed by atoms with Crippen molar-refractivity contribution in [2.45, 2.75) is 19.8 Å². The number of nitro groups is 1. The van der Waals surface area contributed by atoms with E-state index in [1.807, 2.05) is 6.92 Å². The number of pyridine rings is 1. The maximum atomic E-state index is 11.4. The van der Waals surface area contributed by atoms with Gasteiger partial charge in [-0.3, -0.25) is 14.9 Å². The van der Waals surface area contributed by atoms with Gasteiger partial charge in [0.05, 0.1) is 4.92 Å². The number of hydrogen-bond donors (Lipinski definition) is 4. The minimum Gasteiger partial charge on any atom is -0.364 e. The lowest BCUT2D eigenvalue weighted by atomic mass is 10.3.